The fourth-order valence-electron chi connectivity index (χ4n) is 3.92. The summed E-state index contributed by atoms with van der Waals surface area (Å²) >= 11 is 0. The molecule has 0 aromatic rings. The molecule has 0 amide bonds. The minimum absolute atomic E-state index is 0.0702. The number of likely N-dealkylation sites (N-methyl/N-ethyl adjacent to an activating group) is 1. The van der Waals surface area contributed by atoms with Crippen molar-refractivity contribution in [1.29, 1.82) is 0 Å². The molecule has 4 heteroatoms. The Morgan fingerprint density at radius 2 is 2.05 bits per heavy atom. The topological polar surface area (TPSA) is 39.7 Å². The van der Waals surface area contributed by atoms with Gasteiger partial charge in [-0.1, -0.05) is 13.3 Å². The number of ether oxygens (including phenoxy) is 3. The fourth-order valence-corrected chi connectivity index (χ4v) is 3.92. The van der Waals surface area contributed by atoms with Crippen LogP contribution in [0.4, 0.5) is 0 Å². The molecule has 0 aromatic carbocycles. The van der Waals surface area contributed by atoms with Gasteiger partial charge in [-0.2, -0.15) is 0 Å². The van der Waals surface area contributed by atoms with Gasteiger partial charge >= 0.3 is 0 Å². The van der Waals surface area contributed by atoms with E-state index in [0.29, 0.717) is 18.1 Å². The van der Waals surface area contributed by atoms with Crippen LogP contribution in [-0.2, 0) is 14.2 Å². The van der Waals surface area contributed by atoms with Crippen molar-refractivity contribution in [1.82, 2.24) is 5.32 Å². The van der Waals surface area contributed by atoms with Crippen molar-refractivity contribution < 1.29 is 14.2 Å². The lowest BCUT2D eigenvalue weighted by atomic mass is 9.76. The average molecular weight is 285 g/mol. The van der Waals surface area contributed by atoms with Crippen LogP contribution >= 0.6 is 0 Å². The first-order valence-electron chi connectivity index (χ1n) is 8.16. The first-order chi connectivity index (χ1) is 9.74. The summed E-state index contributed by atoms with van der Waals surface area (Å²) < 4.78 is 17.4. The predicted molar refractivity (Wildman–Crippen MR) is 80.0 cm³/mol. The first-order valence-corrected chi connectivity index (χ1v) is 8.16. The number of methoxy groups -OCH3 is 1. The van der Waals surface area contributed by atoms with Crippen LogP contribution in [0.3, 0.4) is 0 Å². The van der Waals surface area contributed by atoms with Crippen LogP contribution in [-0.4, -0.2) is 51.7 Å². The number of hydrogen-bond acceptors (Lipinski definition) is 4. The first kappa shape index (κ1) is 16.2. The van der Waals surface area contributed by atoms with Crippen molar-refractivity contribution in [3.63, 3.8) is 0 Å². The van der Waals surface area contributed by atoms with Crippen LogP contribution in [0.15, 0.2) is 0 Å². The quantitative estimate of drug-likeness (QED) is 0.813. The molecule has 0 aromatic heterocycles. The van der Waals surface area contributed by atoms with E-state index in [4.69, 9.17) is 14.2 Å². The Bertz CT molecular complexity index is 273. The molecule has 3 atom stereocenters. The van der Waals surface area contributed by atoms with Gasteiger partial charge in [-0.15, -0.1) is 0 Å². The Hall–Kier alpha value is -0.160. The molecule has 118 valence electrons. The van der Waals surface area contributed by atoms with E-state index < -0.39 is 0 Å². The second-order valence-electron chi connectivity index (χ2n) is 6.27. The molecule has 1 spiro atoms. The van der Waals surface area contributed by atoms with Gasteiger partial charge < -0.3 is 19.5 Å². The molecule has 0 bridgehead atoms. The van der Waals surface area contributed by atoms with Gasteiger partial charge in [0.1, 0.15) is 0 Å². The lowest BCUT2D eigenvalue weighted by Gasteiger charge is -2.46. The second-order valence-corrected chi connectivity index (χ2v) is 6.27. The molecule has 2 heterocycles. The molecule has 2 rings (SSSR count). The maximum absolute atomic E-state index is 6.16. The van der Waals surface area contributed by atoms with E-state index >= 15 is 0 Å². The Morgan fingerprint density at radius 1 is 1.30 bits per heavy atom. The highest BCUT2D eigenvalue weighted by molar-refractivity contribution is 4.94. The van der Waals surface area contributed by atoms with E-state index in [1.807, 2.05) is 7.11 Å². The molecule has 1 N–H and O–H groups in total. The zero-order chi connectivity index (χ0) is 14.4. The van der Waals surface area contributed by atoms with Gasteiger partial charge in [0, 0.05) is 33.0 Å². The molecule has 2 aliphatic heterocycles. The van der Waals surface area contributed by atoms with Gasteiger partial charge in [-0.3, -0.25) is 0 Å². The van der Waals surface area contributed by atoms with Crippen molar-refractivity contribution in [2.45, 2.75) is 63.2 Å². The molecule has 20 heavy (non-hydrogen) atoms. The Labute approximate surface area is 123 Å². The minimum atomic E-state index is 0.0702. The van der Waals surface area contributed by atoms with Crippen LogP contribution in [0.25, 0.3) is 0 Å². The third-order valence-corrected chi connectivity index (χ3v) is 5.05. The van der Waals surface area contributed by atoms with Crippen molar-refractivity contribution in [2.24, 2.45) is 5.92 Å². The highest BCUT2D eigenvalue weighted by Crippen LogP contribution is 2.39. The molecule has 0 saturated carbocycles. The number of rotatable bonds is 6. The molecular formula is C16H31NO3. The zero-order valence-electron chi connectivity index (χ0n) is 13.3. The molecular weight excluding hydrogens is 254 g/mol. The minimum Gasteiger partial charge on any atom is -0.381 e. The lowest BCUT2D eigenvalue weighted by Crippen LogP contribution is -2.52. The molecule has 4 nitrogen and oxygen atoms in total. The van der Waals surface area contributed by atoms with Crippen molar-refractivity contribution in [3.8, 4) is 0 Å². The van der Waals surface area contributed by atoms with Gasteiger partial charge in [0.15, 0.2) is 0 Å². The Kier molecular flexibility index (Phi) is 6.27. The normalized spacial score (nSPS) is 29.2. The average Bonchev–Trinajstić information content (AvgIpc) is 2.48. The lowest BCUT2D eigenvalue weighted by molar-refractivity contribution is -0.154. The smallest absolute Gasteiger partial charge is 0.0729 e. The summed E-state index contributed by atoms with van der Waals surface area (Å²) in [5.41, 5.74) is 0.0702. The Morgan fingerprint density at radius 3 is 2.65 bits per heavy atom. The summed E-state index contributed by atoms with van der Waals surface area (Å²) in [6, 6.07) is 0.434. The van der Waals surface area contributed by atoms with E-state index in [2.05, 4.69) is 19.3 Å². The number of nitrogens with one attached hydrogen (secondary N) is 1. The van der Waals surface area contributed by atoms with Gasteiger partial charge in [0.25, 0.3) is 0 Å². The number of hydrogen-bond donors (Lipinski definition) is 1. The highest BCUT2D eigenvalue weighted by atomic mass is 16.5. The summed E-state index contributed by atoms with van der Waals surface area (Å²) in [7, 11) is 3.91. The van der Waals surface area contributed by atoms with E-state index in [1.165, 1.54) is 6.42 Å². The molecule has 3 unspecified atom stereocenters. The fraction of sp³-hybridized carbons (Fsp3) is 1.00. The summed E-state index contributed by atoms with van der Waals surface area (Å²) in [6.07, 6.45) is 6.97. The van der Waals surface area contributed by atoms with Crippen LogP contribution in [0.5, 0.6) is 0 Å². The molecule has 2 aliphatic rings. The summed E-state index contributed by atoms with van der Waals surface area (Å²) in [6.45, 7) is 4.80. The van der Waals surface area contributed by atoms with Crippen LogP contribution < -0.4 is 5.32 Å². The second kappa shape index (κ2) is 7.74. The predicted octanol–water partition coefficient (Wildman–Crippen LogP) is 2.37. The highest BCUT2D eigenvalue weighted by Gasteiger charge is 2.42. The van der Waals surface area contributed by atoms with E-state index in [0.717, 1.165) is 51.9 Å². The molecule has 2 fully saturated rings. The van der Waals surface area contributed by atoms with Gasteiger partial charge in [0.2, 0.25) is 0 Å². The van der Waals surface area contributed by atoms with Gasteiger partial charge in [0.05, 0.1) is 11.7 Å². The van der Waals surface area contributed by atoms with Crippen molar-refractivity contribution in [3.05, 3.63) is 0 Å². The summed E-state index contributed by atoms with van der Waals surface area (Å²) in [4.78, 5) is 0. The summed E-state index contributed by atoms with van der Waals surface area (Å²) in [5.74, 6) is 0.642. The van der Waals surface area contributed by atoms with E-state index in [-0.39, 0.29) is 5.60 Å². The molecule has 0 radical (unpaired) electrons. The van der Waals surface area contributed by atoms with Gasteiger partial charge in [-0.25, -0.2) is 0 Å². The zero-order valence-corrected chi connectivity index (χ0v) is 13.3. The van der Waals surface area contributed by atoms with Crippen LogP contribution in [0.1, 0.15) is 45.4 Å². The maximum atomic E-state index is 6.16. The third kappa shape index (κ3) is 3.73. The largest absolute Gasteiger partial charge is 0.381 e. The van der Waals surface area contributed by atoms with Crippen molar-refractivity contribution >= 4 is 0 Å². The summed E-state index contributed by atoms with van der Waals surface area (Å²) in [5, 5.41) is 3.52. The Balaban J connectivity index is 2.01. The van der Waals surface area contributed by atoms with E-state index in [9.17, 15) is 0 Å². The molecule has 2 saturated heterocycles. The van der Waals surface area contributed by atoms with E-state index in [1.54, 1.807) is 0 Å². The van der Waals surface area contributed by atoms with Crippen molar-refractivity contribution in [2.75, 3.05) is 34.0 Å². The van der Waals surface area contributed by atoms with Crippen LogP contribution in [0.2, 0.25) is 0 Å². The van der Waals surface area contributed by atoms with Crippen LogP contribution in [0, 0.1) is 5.92 Å². The standard InChI is InChI=1S/C16H31NO3/c1-4-5-14(18-3)15(17-2)13-6-9-20-16(12-13)7-10-19-11-8-16/h13-15,17H,4-12H2,1-3H3. The maximum Gasteiger partial charge on any atom is 0.0729 e. The molecule has 0 aliphatic carbocycles. The third-order valence-electron chi connectivity index (χ3n) is 5.05. The van der Waals surface area contributed by atoms with Gasteiger partial charge in [-0.05, 0) is 45.1 Å². The SMILES string of the molecule is CCCC(OC)C(NC)C1CCOC2(CCOCC2)C1. The monoisotopic (exact) mass is 285 g/mol.